The van der Waals surface area contributed by atoms with Crippen molar-refractivity contribution in [2.75, 3.05) is 22.9 Å². The standard InChI is InChI=1S/C43H36N4/c44-37-21-13-31(14-22-37)33-17-25-41(46)39(27-33)43(35-9-5-2-6-10-35,36-19-11-30(12-20-36)29-7-3-1-4-8-29)40-28-34(18-26-42(40)47)32-15-23-38(45)24-16-32/h1-28H,44-47H2. The molecule has 0 spiro atoms. The maximum absolute atomic E-state index is 7.05. The second kappa shape index (κ2) is 12.3. The molecule has 0 fully saturated rings. The Balaban J connectivity index is 1.56. The molecule has 228 valence electrons. The van der Waals surface area contributed by atoms with Gasteiger partial charge >= 0.3 is 0 Å². The van der Waals surface area contributed by atoms with Crippen molar-refractivity contribution >= 4 is 22.7 Å². The number of nitrogens with two attached hydrogens (primary N) is 4. The van der Waals surface area contributed by atoms with E-state index in [1.54, 1.807) is 0 Å². The van der Waals surface area contributed by atoms with E-state index in [-0.39, 0.29) is 0 Å². The summed E-state index contributed by atoms with van der Waals surface area (Å²) in [5, 5.41) is 0. The van der Waals surface area contributed by atoms with E-state index in [0.29, 0.717) is 22.7 Å². The molecule has 0 radical (unpaired) electrons. The fourth-order valence-corrected chi connectivity index (χ4v) is 6.64. The number of benzene rings is 7. The quantitative estimate of drug-likeness (QED) is 0.107. The van der Waals surface area contributed by atoms with Crippen LogP contribution in [0.2, 0.25) is 0 Å². The molecule has 4 nitrogen and oxygen atoms in total. The second-order valence-corrected chi connectivity index (χ2v) is 11.9. The molecular weight excluding hydrogens is 573 g/mol. The zero-order chi connectivity index (χ0) is 32.4. The Morgan fingerprint density at radius 3 is 1.11 bits per heavy atom. The lowest BCUT2D eigenvalue weighted by molar-refractivity contribution is 0.751. The van der Waals surface area contributed by atoms with Crippen LogP contribution in [0.4, 0.5) is 22.7 Å². The molecule has 8 N–H and O–H groups in total. The van der Waals surface area contributed by atoms with E-state index in [0.717, 1.165) is 55.6 Å². The average molecular weight is 609 g/mol. The molecular formula is C43H36N4. The molecule has 47 heavy (non-hydrogen) atoms. The smallest absolute Gasteiger partial charge is 0.0741 e. The molecule has 0 aliphatic rings. The Hall–Kier alpha value is -6.26. The van der Waals surface area contributed by atoms with Crippen molar-refractivity contribution in [3.63, 3.8) is 0 Å². The highest BCUT2D eigenvalue weighted by molar-refractivity contribution is 5.80. The Morgan fingerprint density at radius 2 is 0.638 bits per heavy atom. The Labute approximate surface area is 275 Å². The number of hydrogen-bond acceptors (Lipinski definition) is 4. The molecule has 0 atom stereocenters. The van der Waals surface area contributed by atoms with Gasteiger partial charge in [0.2, 0.25) is 0 Å². The molecule has 0 aromatic heterocycles. The zero-order valence-corrected chi connectivity index (χ0v) is 26.0. The van der Waals surface area contributed by atoms with Crippen molar-refractivity contribution in [2.24, 2.45) is 0 Å². The van der Waals surface area contributed by atoms with Gasteiger partial charge in [-0.25, -0.2) is 0 Å². The van der Waals surface area contributed by atoms with Gasteiger partial charge in [0.25, 0.3) is 0 Å². The minimum atomic E-state index is -0.877. The van der Waals surface area contributed by atoms with Crippen molar-refractivity contribution in [1.82, 2.24) is 0 Å². The van der Waals surface area contributed by atoms with Gasteiger partial charge in [-0.2, -0.15) is 0 Å². The van der Waals surface area contributed by atoms with Gasteiger partial charge in [-0.3, -0.25) is 0 Å². The third-order valence-corrected chi connectivity index (χ3v) is 9.03. The topological polar surface area (TPSA) is 104 Å². The van der Waals surface area contributed by atoms with Crippen LogP contribution >= 0.6 is 0 Å². The summed E-state index contributed by atoms with van der Waals surface area (Å²) in [5.41, 5.74) is 38.5. The maximum Gasteiger partial charge on any atom is 0.0741 e. The van der Waals surface area contributed by atoms with Crippen LogP contribution in [0.25, 0.3) is 33.4 Å². The molecule has 0 amide bonds. The zero-order valence-electron chi connectivity index (χ0n) is 26.0. The molecule has 7 rings (SSSR count). The highest BCUT2D eigenvalue weighted by atomic mass is 14.6. The minimum Gasteiger partial charge on any atom is -0.399 e. The minimum absolute atomic E-state index is 0.664. The summed E-state index contributed by atoms with van der Waals surface area (Å²) >= 11 is 0. The van der Waals surface area contributed by atoms with Gasteiger partial charge in [0, 0.05) is 22.7 Å². The molecule has 0 heterocycles. The van der Waals surface area contributed by atoms with E-state index in [1.165, 1.54) is 0 Å². The van der Waals surface area contributed by atoms with E-state index in [1.807, 2.05) is 72.8 Å². The van der Waals surface area contributed by atoms with Crippen molar-refractivity contribution in [3.8, 4) is 33.4 Å². The average Bonchev–Trinajstić information content (AvgIpc) is 3.12. The first kappa shape index (κ1) is 29.5. The van der Waals surface area contributed by atoms with Crippen LogP contribution < -0.4 is 22.9 Å². The number of rotatable bonds is 7. The first-order chi connectivity index (χ1) is 22.9. The SMILES string of the molecule is Nc1ccc(-c2ccc(N)c(C(c3ccccc3)(c3ccc(-c4ccccc4)cc3)c3cc(-c4ccc(N)cc4)ccc3N)c2)cc1. The van der Waals surface area contributed by atoms with E-state index >= 15 is 0 Å². The second-order valence-electron chi connectivity index (χ2n) is 11.9. The molecule has 0 saturated carbocycles. The molecule has 7 aromatic rings. The van der Waals surface area contributed by atoms with Gasteiger partial charge in [0.05, 0.1) is 5.41 Å². The lowest BCUT2D eigenvalue weighted by atomic mass is 9.63. The lowest BCUT2D eigenvalue weighted by Crippen LogP contribution is -2.33. The molecule has 0 aliphatic carbocycles. The Bertz CT molecular complexity index is 2040. The Morgan fingerprint density at radius 1 is 0.298 bits per heavy atom. The molecule has 0 aliphatic heterocycles. The summed E-state index contributed by atoms with van der Waals surface area (Å²) in [5.74, 6) is 0. The van der Waals surface area contributed by atoms with Crippen molar-refractivity contribution < 1.29 is 0 Å². The lowest BCUT2D eigenvalue weighted by Gasteiger charge is -2.39. The maximum atomic E-state index is 7.05. The van der Waals surface area contributed by atoms with Crippen molar-refractivity contribution in [3.05, 3.63) is 192 Å². The van der Waals surface area contributed by atoms with E-state index in [9.17, 15) is 0 Å². The fraction of sp³-hybridized carbons (Fsp3) is 0.0233. The number of anilines is 4. The van der Waals surface area contributed by atoms with Crippen LogP contribution in [0.1, 0.15) is 22.3 Å². The highest BCUT2D eigenvalue weighted by Crippen LogP contribution is 2.51. The van der Waals surface area contributed by atoms with Crippen molar-refractivity contribution in [1.29, 1.82) is 0 Å². The van der Waals surface area contributed by atoms with Gasteiger partial charge in [0.15, 0.2) is 0 Å². The first-order valence-corrected chi connectivity index (χ1v) is 15.7. The van der Waals surface area contributed by atoms with Crippen LogP contribution in [0.15, 0.2) is 170 Å². The van der Waals surface area contributed by atoms with Crippen LogP contribution in [-0.4, -0.2) is 0 Å². The summed E-state index contributed by atoms with van der Waals surface area (Å²) in [7, 11) is 0. The van der Waals surface area contributed by atoms with Gasteiger partial charge in [-0.15, -0.1) is 0 Å². The largest absolute Gasteiger partial charge is 0.399 e. The number of nitrogen functional groups attached to an aromatic ring is 4. The van der Waals surface area contributed by atoms with Gasteiger partial charge in [-0.1, -0.05) is 121 Å². The third kappa shape index (κ3) is 5.47. The summed E-state index contributed by atoms with van der Waals surface area (Å²) in [6, 6.07) is 58.1. The van der Waals surface area contributed by atoms with E-state index in [2.05, 4.69) is 97.1 Å². The normalized spacial score (nSPS) is 11.3. The number of hydrogen-bond donors (Lipinski definition) is 4. The van der Waals surface area contributed by atoms with Crippen molar-refractivity contribution in [2.45, 2.75) is 5.41 Å². The van der Waals surface area contributed by atoms with Crippen LogP contribution in [-0.2, 0) is 5.41 Å². The summed E-state index contributed by atoms with van der Waals surface area (Å²) in [6.07, 6.45) is 0. The van der Waals surface area contributed by atoms with Gasteiger partial charge < -0.3 is 22.9 Å². The van der Waals surface area contributed by atoms with Gasteiger partial charge in [-0.05, 0) is 104 Å². The summed E-state index contributed by atoms with van der Waals surface area (Å²) in [6.45, 7) is 0. The monoisotopic (exact) mass is 608 g/mol. The predicted octanol–water partition coefficient (Wildman–Crippen LogP) is 9.40. The Kier molecular flexibility index (Phi) is 7.68. The fourth-order valence-electron chi connectivity index (χ4n) is 6.64. The molecule has 0 unspecified atom stereocenters. The molecule has 4 heteroatoms. The van der Waals surface area contributed by atoms with E-state index < -0.39 is 5.41 Å². The summed E-state index contributed by atoms with van der Waals surface area (Å²) in [4.78, 5) is 0. The van der Waals surface area contributed by atoms with Crippen LogP contribution in [0, 0.1) is 0 Å². The van der Waals surface area contributed by atoms with Gasteiger partial charge in [0.1, 0.15) is 0 Å². The molecule has 7 aromatic carbocycles. The predicted molar refractivity (Wildman–Crippen MR) is 199 cm³/mol. The van der Waals surface area contributed by atoms with Crippen LogP contribution in [0.5, 0.6) is 0 Å². The first-order valence-electron chi connectivity index (χ1n) is 15.7. The van der Waals surface area contributed by atoms with Crippen LogP contribution in [0.3, 0.4) is 0 Å². The molecule has 0 bridgehead atoms. The molecule has 0 saturated heterocycles. The van der Waals surface area contributed by atoms with E-state index in [4.69, 9.17) is 22.9 Å². The highest BCUT2D eigenvalue weighted by Gasteiger charge is 2.41. The third-order valence-electron chi connectivity index (χ3n) is 9.03. The summed E-state index contributed by atoms with van der Waals surface area (Å²) < 4.78 is 0.